The van der Waals surface area contributed by atoms with E-state index < -0.39 is 0 Å². The molecule has 4 heteroatoms. The van der Waals surface area contributed by atoms with Gasteiger partial charge in [0.05, 0.1) is 11.6 Å². The van der Waals surface area contributed by atoms with Gasteiger partial charge < -0.3 is 10.4 Å². The highest BCUT2D eigenvalue weighted by atomic mass is 16.3. The number of aromatic nitrogens is 1. The first-order valence-electron chi connectivity index (χ1n) is 7.47. The maximum atomic E-state index is 9.54. The zero-order valence-corrected chi connectivity index (χ0v) is 12.7. The van der Waals surface area contributed by atoms with Gasteiger partial charge in [0.2, 0.25) is 0 Å². The van der Waals surface area contributed by atoms with Crippen LogP contribution in [0.1, 0.15) is 29.8 Å². The van der Waals surface area contributed by atoms with Crippen molar-refractivity contribution >= 4 is 0 Å². The van der Waals surface area contributed by atoms with Crippen LogP contribution in [0.2, 0.25) is 0 Å². The van der Waals surface area contributed by atoms with Gasteiger partial charge in [0, 0.05) is 31.1 Å². The molecule has 2 N–H and O–H groups in total. The molecule has 2 atom stereocenters. The molecule has 0 saturated carbocycles. The lowest BCUT2D eigenvalue weighted by Gasteiger charge is -2.19. The molecule has 22 heavy (non-hydrogen) atoms. The van der Waals surface area contributed by atoms with Gasteiger partial charge in [-0.05, 0) is 49.1 Å². The minimum absolute atomic E-state index is 0.129. The van der Waals surface area contributed by atoms with Gasteiger partial charge in [-0.3, -0.25) is 4.98 Å². The highest BCUT2D eigenvalue weighted by Crippen LogP contribution is 2.14. The summed E-state index contributed by atoms with van der Waals surface area (Å²) in [5.74, 6) is 0.135. The van der Waals surface area contributed by atoms with Crippen molar-refractivity contribution in [1.82, 2.24) is 10.3 Å². The average molecular weight is 295 g/mol. The highest BCUT2D eigenvalue weighted by molar-refractivity contribution is 5.32. The fraction of sp³-hybridized carbons (Fsp3) is 0.333. The molecular formula is C18H21N3O. The molecule has 1 aromatic carbocycles. The maximum Gasteiger partial charge on any atom is 0.0991 e. The van der Waals surface area contributed by atoms with Crippen LogP contribution in [0.25, 0.3) is 0 Å². The summed E-state index contributed by atoms with van der Waals surface area (Å²) in [5.41, 5.74) is 2.79. The van der Waals surface area contributed by atoms with Crippen LogP contribution in [-0.2, 0) is 6.42 Å². The Balaban J connectivity index is 1.88. The van der Waals surface area contributed by atoms with Crippen LogP contribution in [0.5, 0.6) is 0 Å². The molecule has 1 aromatic heterocycles. The molecule has 2 rings (SSSR count). The van der Waals surface area contributed by atoms with Crippen LogP contribution < -0.4 is 5.32 Å². The van der Waals surface area contributed by atoms with Crippen LogP contribution in [0.15, 0.2) is 48.7 Å². The number of rotatable bonds is 7. The van der Waals surface area contributed by atoms with Crippen molar-refractivity contribution in [2.45, 2.75) is 19.4 Å². The second-order valence-electron chi connectivity index (χ2n) is 5.44. The third kappa shape index (κ3) is 4.66. The fourth-order valence-corrected chi connectivity index (χ4v) is 2.32. The summed E-state index contributed by atoms with van der Waals surface area (Å²) < 4.78 is 0. The molecule has 0 fully saturated rings. The largest absolute Gasteiger partial charge is 0.396 e. The topological polar surface area (TPSA) is 68.9 Å². The minimum atomic E-state index is 0.129. The van der Waals surface area contributed by atoms with E-state index in [0.717, 1.165) is 17.7 Å². The SMILES string of the molecule is CC(NCC(CO)Cc1ccccn1)c1ccc(C#N)cc1. The van der Waals surface area contributed by atoms with Gasteiger partial charge in [-0.25, -0.2) is 0 Å². The molecule has 0 amide bonds. The molecule has 0 aliphatic rings. The third-order valence-corrected chi connectivity index (χ3v) is 3.73. The van der Waals surface area contributed by atoms with E-state index in [4.69, 9.17) is 5.26 Å². The Bertz CT molecular complexity index is 604. The van der Waals surface area contributed by atoms with E-state index in [1.807, 2.05) is 42.5 Å². The zero-order chi connectivity index (χ0) is 15.8. The Morgan fingerprint density at radius 2 is 2.00 bits per heavy atom. The Kier molecular flexibility index (Phi) is 6.08. The number of pyridine rings is 1. The first-order valence-corrected chi connectivity index (χ1v) is 7.47. The van der Waals surface area contributed by atoms with Crippen molar-refractivity contribution in [1.29, 1.82) is 5.26 Å². The molecular weight excluding hydrogens is 274 g/mol. The second-order valence-corrected chi connectivity index (χ2v) is 5.44. The Labute approximate surface area is 131 Å². The lowest BCUT2D eigenvalue weighted by atomic mass is 10.0. The Morgan fingerprint density at radius 3 is 2.59 bits per heavy atom. The number of hydrogen-bond acceptors (Lipinski definition) is 4. The quantitative estimate of drug-likeness (QED) is 0.823. The number of nitrogens with one attached hydrogen (secondary N) is 1. The maximum absolute atomic E-state index is 9.54. The van der Waals surface area contributed by atoms with Crippen LogP contribution in [0.4, 0.5) is 0 Å². The van der Waals surface area contributed by atoms with Crippen molar-refractivity contribution in [3.8, 4) is 6.07 Å². The van der Waals surface area contributed by atoms with Crippen molar-refractivity contribution in [3.05, 3.63) is 65.5 Å². The van der Waals surface area contributed by atoms with Crippen LogP contribution in [0, 0.1) is 17.2 Å². The van der Waals surface area contributed by atoms with Crippen LogP contribution >= 0.6 is 0 Å². The lowest BCUT2D eigenvalue weighted by molar-refractivity contribution is 0.218. The smallest absolute Gasteiger partial charge is 0.0991 e. The molecule has 0 bridgehead atoms. The first-order chi connectivity index (χ1) is 10.7. The highest BCUT2D eigenvalue weighted by Gasteiger charge is 2.12. The summed E-state index contributed by atoms with van der Waals surface area (Å²) in [6.45, 7) is 2.93. The molecule has 0 saturated heterocycles. The van der Waals surface area contributed by atoms with Crippen molar-refractivity contribution < 1.29 is 5.11 Å². The molecule has 0 radical (unpaired) electrons. The van der Waals surface area contributed by atoms with E-state index in [2.05, 4.69) is 23.3 Å². The first kappa shape index (κ1) is 16.2. The summed E-state index contributed by atoms with van der Waals surface area (Å²) in [7, 11) is 0. The number of aliphatic hydroxyl groups is 1. The summed E-state index contributed by atoms with van der Waals surface area (Å²) >= 11 is 0. The van der Waals surface area contributed by atoms with Crippen LogP contribution in [-0.4, -0.2) is 23.2 Å². The lowest BCUT2D eigenvalue weighted by Crippen LogP contribution is -2.29. The Hall–Kier alpha value is -2.22. The van der Waals surface area contributed by atoms with Gasteiger partial charge in [0.15, 0.2) is 0 Å². The normalized spacial score (nSPS) is 13.3. The number of hydrogen-bond donors (Lipinski definition) is 2. The van der Waals surface area contributed by atoms with Gasteiger partial charge in [0.1, 0.15) is 0 Å². The fourth-order valence-electron chi connectivity index (χ4n) is 2.32. The van der Waals surface area contributed by atoms with Crippen LogP contribution in [0.3, 0.4) is 0 Å². The summed E-state index contributed by atoms with van der Waals surface area (Å²) in [6, 6.07) is 15.7. The van der Waals surface area contributed by atoms with E-state index in [-0.39, 0.29) is 18.6 Å². The predicted molar refractivity (Wildman–Crippen MR) is 86.1 cm³/mol. The summed E-state index contributed by atoms with van der Waals surface area (Å²) in [6.07, 6.45) is 2.53. The number of nitriles is 1. The van der Waals surface area contributed by atoms with E-state index >= 15 is 0 Å². The van der Waals surface area contributed by atoms with Gasteiger partial charge >= 0.3 is 0 Å². The van der Waals surface area contributed by atoms with Crippen molar-refractivity contribution in [2.75, 3.05) is 13.2 Å². The zero-order valence-electron chi connectivity index (χ0n) is 12.7. The summed E-state index contributed by atoms with van der Waals surface area (Å²) in [5, 5.41) is 21.8. The second kappa shape index (κ2) is 8.28. The number of benzene rings is 1. The molecule has 114 valence electrons. The average Bonchev–Trinajstić information content (AvgIpc) is 2.59. The third-order valence-electron chi connectivity index (χ3n) is 3.73. The molecule has 1 heterocycles. The van der Waals surface area contributed by atoms with E-state index in [1.54, 1.807) is 6.20 Å². The minimum Gasteiger partial charge on any atom is -0.396 e. The van der Waals surface area contributed by atoms with Gasteiger partial charge in [-0.15, -0.1) is 0 Å². The molecule has 0 spiro atoms. The molecule has 0 aliphatic carbocycles. The van der Waals surface area contributed by atoms with E-state index in [1.165, 1.54) is 0 Å². The van der Waals surface area contributed by atoms with Gasteiger partial charge in [-0.1, -0.05) is 18.2 Å². The number of aliphatic hydroxyl groups excluding tert-OH is 1. The van der Waals surface area contributed by atoms with E-state index in [0.29, 0.717) is 12.1 Å². The Morgan fingerprint density at radius 1 is 1.23 bits per heavy atom. The van der Waals surface area contributed by atoms with Gasteiger partial charge in [-0.2, -0.15) is 5.26 Å². The molecule has 2 unspecified atom stereocenters. The monoisotopic (exact) mass is 295 g/mol. The van der Waals surface area contributed by atoms with Gasteiger partial charge in [0.25, 0.3) is 0 Å². The van der Waals surface area contributed by atoms with Crippen molar-refractivity contribution in [3.63, 3.8) is 0 Å². The standard InChI is InChI=1S/C18H21N3O/c1-14(17-7-5-15(11-19)6-8-17)21-12-16(13-22)10-18-4-2-3-9-20-18/h2-9,14,16,21-22H,10,12-13H2,1H3. The summed E-state index contributed by atoms with van der Waals surface area (Å²) in [4.78, 5) is 4.30. The number of nitrogens with zero attached hydrogens (tertiary/aromatic N) is 2. The molecule has 2 aromatic rings. The van der Waals surface area contributed by atoms with Crippen molar-refractivity contribution in [2.24, 2.45) is 5.92 Å². The molecule has 4 nitrogen and oxygen atoms in total. The predicted octanol–water partition coefficient (Wildman–Crippen LogP) is 2.46. The molecule has 0 aliphatic heterocycles. The van der Waals surface area contributed by atoms with E-state index in [9.17, 15) is 5.11 Å².